The van der Waals surface area contributed by atoms with Gasteiger partial charge in [0.1, 0.15) is 13.2 Å². The number of halogens is 1. The molecule has 0 heterocycles. The van der Waals surface area contributed by atoms with Crippen LogP contribution in [-0.2, 0) is 16.1 Å². The number of hydrogen-bond donors (Lipinski definition) is 0. The van der Waals surface area contributed by atoms with Crippen LogP contribution in [0.25, 0.3) is 6.08 Å². The van der Waals surface area contributed by atoms with E-state index >= 15 is 0 Å². The summed E-state index contributed by atoms with van der Waals surface area (Å²) in [6.07, 6.45) is 4.42. The van der Waals surface area contributed by atoms with E-state index in [0.29, 0.717) is 28.7 Å². The van der Waals surface area contributed by atoms with Gasteiger partial charge in [0.15, 0.2) is 11.5 Å². The molecule has 0 atom stereocenters. The number of rotatable bonds is 8. The average Bonchev–Trinajstić information content (AvgIpc) is 2.64. The Balaban J connectivity index is 2.13. The van der Waals surface area contributed by atoms with E-state index < -0.39 is 5.97 Å². The summed E-state index contributed by atoms with van der Waals surface area (Å²) in [5, 5.41) is 0.398. The lowest BCUT2D eigenvalue weighted by Crippen LogP contribution is -2.00. The maximum atomic E-state index is 11.5. The third-order valence-electron chi connectivity index (χ3n) is 3.23. The average molecular weight is 359 g/mol. The van der Waals surface area contributed by atoms with Gasteiger partial charge in [0.05, 0.1) is 12.1 Å². The Morgan fingerprint density at radius 1 is 1.24 bits per heavy atom. The number of hydrogen-bond acceptors (Lipinski definition) is 4. The van der Waals surface area contributed by atoms with Crippen molar-refractivity contribution >= 4 is 23.6 Å². The minimum Gasteiger partial charge on any atom is -0.493 e. The molecule has 0 aromatic heterocycles. The Kier molecular flexibility index (Phi) is 7.11. The molecule has 0 aliphatic heterocycles. The van der Waals surface area contributed by atoms with E-state index in [1.165, 1.54) is 19.3 Å². The van der Waals surface area contributed by atoms with Gasteiger partial charge in [-0.05, 0) is 29.3 Å². The monoisotopic (exact) mass is 358 g/mol. The lowest BCUT2D eigenvalue weighted by molar-refractivity contribution is -0.136. The molecule has 0 saturated carbocycles. The Morgan fingerprint density at radius 2 is 2.00 bits per heavy atom. The van der Waals surface area contributed by atoms with Crippen molar-refractivity contribution in [1.82, 2.24) is 0 Å². The summed E-state index contributed by atoms with van der Waals surface area (Å²) in [5.74, 6) is 0.487. The van der Waals surface area contributed by atoms with Gasteiger partial charge < -0.3 is 14.2 Å². The summed E-state index contributed by atoms with van der Waals surface area (Å²) in [5.41, 5.74) is 1.72. The quantitative estimate of drug-likeness (QED) is 0.391. The van der Waals surface area contributed by atoms with Gasteiger partial charge in [-0.1, -0.05) is 54.6 Å². The van der Waals surface area contributed by atoms with Crippen LogP contribution in [-0.4, -0.2) is 19.7 Å². The van der Waals surface area contributed by atoms with Crippen LogP contribution >= 0.6 is 11.6 Å². The van der Waals surface area contributed by atoms with Crippen molar-refractivity contribution in [3.63, 3.8) is 0 Å². The van der Waals surface area contributed by atoms with E-state index in [4.69, 9.17) is 25.8 Å². The van der Waals surface area contributed by atoms with E-state index in [1.807, 2.05) is 30.3 Å². The predicted octanol–water partition coefficient (Wildman–Crippen LogP) is 4.67. The first-order chi connectivity index (χ1) is 12.1. The SMILES string of the molecule is C=CCOC(=O)/C=C/c1cc(Cl)c(OCc2ccccc2)c(OC)c1. The summed E-state index contributed by atoms with van der Waals surface area (Å²) in [6, 6.07) is 13.2. The summed E-state index contributed by atoms with van der Waals surface area (Å²) in [6.45, 7) is 4.03. The largest absolute Gasteiger partial charge is 0.493 e. The molecule has 0 saturated heterocycles. The molecule has 4 nitrogen and oxygen atoms in total. The highest BCUT2D eigenvalue weighted by atomic mass is 35.5. The second-order valence-electron chi connectivity index (χ2n) is 5.06. The maximum Gasteiger partial charge on any atom is 0.331 e. The molecule has 2 aromatic rings. The van der Waals surface area contributed by atoms with E-state index in [-0.39, 0.29) is 6.61 Å². The minimum absolute atomic E-state index is 0.166. The fourth-order valence-electron chi connectivity index (χ4n) is 2.06. The molecule has 2 aromatic carbocycles. The first kappa shape index (κ1) is 18.6. The van der Waals surface area contributed by atoms with Crippen LogP contribution in [0.3, 0.4) is 0 Å². The molecule has 0 bridgehead atoms. The van der Waals surface area contributed by atoms with Crippen molar-refractivity contribution in [2.75, 3.05) is 13.7 Å². The van der Waals surface area contributed by atoms with Gasteiger partial charge in [0.25, 0.3) is 0 Å². The number of carbonyl (C=O) groups excluding carboxylic acids is 1. The molecule has 0 spiro atoms. The highest BCUT2D eigenvalue weighted by Gasteiger charge is 2.12. The topological polar surface area (TPSA) is 44.8 Å². The Bertz CT molecular complexity index is 754. The van der Waals surface area contributed by atoms with Crippen LogP contribution in [0.2, 0.25) is 5.02 Å². The Hall–Kier alpha value is -2.72. The normalized spacial score (nSPS) is 10.5. The van der Waals surface area contributed by atoms with Crippen LogP contribution < -0.4 is 9.47 Å². The molecular formula is C20H19ClO4. The third-order valence-corrected chi connectivity index (χ3v) is 3.51. The molecule has 0 aliphatic rings. The van der Waals surface area contributed by atoms with Crippen molar-refractivity contribution in [2.45, 2.75) is 6.61 Å². The molecule has 0 fully saturated rings. The van der Waals surface area contributed by atoms with Crippen molar-refractivity contribution < 1.29 is 19.0 Å². The zero-order chi connectivity index (χ0) is 18.1. The zero-order valence-corrected chi connectivity index (χ0v) is 14.7. The number of ether oxygens (including phenoxy) is 3. The van der Waals surface area contributed by atoms with Crippen molar-refractivity contribution in [3.8, 4) is 11.5 Å². The Labute approximate surface area is 152 Å². The van der Waals surface area contributed by atoms with E-state index in [9.17, 15) is 4.79 Å². The predicted molar refractivity (Wildman–Crippen MR) is 99.0 cm³/mol. The van der Waals surface area contributed by atoms with E-state index in [2.05, 4.69) is 6.58 Å². The van der Waals surface area contributed by atoms with E-state index in [1.54, 1.807) is 18.2 Å². The summed E-state index contributed by atoms with van der Waals surface area (Å²) >= 11 is 6.31. The van der Waals surface area contributed by atoms with Crippen molar-refractivity contribution in [3.05, 3.63) is 77.3 Å². The highest BCUT2D eigenvalue weighted by molar-refractivity contribution is 6.32. The standard InChI is InChI=1S/C20H19ClO4/c1-3-11-24-19(22)10-9-16-12-17(21)20(18(13-16)23-2)25-14-15-7-5-4-6-8-15/h3-10,12-13H,1,11,14H2,2H3/b10-9+. The Morgan fingerprint density at radius 3 is 2.68 bits per heavy atom. The first-order valence-corrected chi connectivity index (χ1v) is 8.02. The number of carbonyl (C=O) groups is 1. The fraction of sp³-hybridized carbons (Fsp3) is 0.150. The van der Waals surface area contributed by atoms with Gasteiger partial charge in [-0.3, -0.25) is 0 Å². The second-order valence-corrected chi connectivity index (χ2v) is 5.47. The van der Waals surface area contributed by atoms with Crippen molar-refractivity contribution in [2.24, 2.45) is 0 Å². The number of methoxy groups -OCH3 is 1. The second kappa shape index (κ2) is 9.55. The molecule has 0 amide bonds. The highest BCUT2D eigenvalue weighted by Crippen LogP contribution is 2.37. The van der Waals surface area contributed by atoms with Gasteiger partial charge in [-0.25, -0.2) is 4.79 Å². The number of esters is 1. The zero-order valence-electron chi connectivity index (χ0n) is 13.9. The molecule has 0 unspecified atom stereocenters. The van der Waals surface area contributed by atoms with Gasteiger partial charge in [-0.15, -0.1) is 0 Å². The molecular weight excluding hydrogens is 340 g/mol. The van der Waals surface area contributed by atoms with Crippen LogP contribution in [0.1, 0.15) is 11.1 Å². The van der Waals surface area contributed by atoms with E-state index in [0.717, 1.165) is 5.56 Å². The first-order valence-electron chi connectivity index (χ1n) is 7.64. The maximum absolute atomic E-state index is 11.5. The van der Waals surface area contributed by atoms with Gasteiger partial charge in [-0.2, -0.15) is 0 Å². The van der Waals surface area contributed by atoms with Crippen LogP contribution in [0.5, 0.6) is 11.5 Å². The molecule has 25 heavy (non-hydrogen) atoms. The molecule has 0 aliphatic carbocycles. The van der Waals surface area contributed by atoms with Gasteiger partial charge in [0, 0.05) is 6.08 Å². The van der Waals surface area contributed by atoms with Crippen molar-refractivity contribution in [1.29, 1.82) is 0 Å². The lowest BCUT2D eigenvalue weighted by atomic mass is 10.2. The number of benzene rings is 2. The molecule has 130 valence electrons. The summed E-state index contributed by atoms with van der Waals surface area (Å²) in [7, 11) is 1.53. The minimum atomic E-state index is -0.459. The molecule has 2 rings (SSSR count). The molecule has 0 N–H and O–H groups in total. The summed E-state index contributed by atoms with van der Waals surface area (Å²) < 4.78 is 16.0. The van der Waals surface area contributed by atoms with Gasteiger partial charge in [0.2, 0.25) is 0 Å². The fourth-order valence-corrected chi connectivity index (χ4v) is 2.33. The molecule has 5 heteroatoms. The van der Waals surface area contributed by atoms with Crippen LogP contribution in [0, 0.1) is 0 Å². The third kappa shape index (κ3) is 5.69. The molecule has 0 radical (unpaired) electrons. The summed E-state index contributed by atoms with van der Waals surface area (Å²) in [4.78, 5) is 11.5. The smallest absolute Gasteiger partial charge is 0.331 e. The van der Waals surface area contributed by atoms with Crippen LogP contribution in [0.4, 0.5) is 0 Å². The van der Waals surface area contributed by atoms with Gasteiger partial charge >= 0.3 is 5.97 Å². The lowest BCUT2D eigenvalue weighted by Gasteiger charge is -2.13. The van der Waals surface area contributed by atoms with Crippen LogP contribution in [0.15, 0.2) is 61.2 Å².